The first kappa shape index (κ1) is 12.5. The smallest absolute Gasteiger partial charge is 0.325 e. The first-order valence-corrected chi connectivity index (χ1v) is 4.26. The zero-order valence-corrected chi connectivity index (χ0v) is 8.76. The number of rotatable bonds is 4. The van der Waals surface area contributed by atoms with Gasteiger partial charge in [-0.25, -0.2) is 0 Å². The van der Waals surface area contributed by atoms with Crippen LogP contribution in [0, 0.1) is 5.41 Å². The van der Waals surface area contributed by atoms with Gasteiger partial charge in [0.15, 0.2) is 0 Å². The van der Waals surface area contributed by atoms with E-state index in [-0.39, 0.29) is 18.2 Å². The van der Waals surface area contributed by atoms with E-state index in [1.807, 2.05) is 0 Å². The fourth-order valence-electron chi connectivity index (χ4n) is 0.671. The van der Waals surface area contributed by atoms with Gasteiger partial charge in [0, 0.05) is 12.4 Å². The Labute approximate surface area is 83.8 Å². The molecule has 0 spiro atoms. The van der Waals surface area contributed by atoms with E-state index < -0.39 is 5.60 Å². The van der Waals surface area contributed by atoms with Gasteiger partial charge in [0.05, 0.1) is 5.70 Å². The van der Waals surface area contributed by atoms with Crippen molar-refractivity contribution >= 4 is 12.2 Å². The van der Waals surface area contributed by atoms with Crippen LogP contribution in [0.1, 0.15) is 20.8 Å². The van der Waals surface area contributed by atoms with E-state index in [0.717, 1.165) is 6.21 Å². The minimum atomic E-state index is -0.477. The quantitative estimate of drug-likeness (QED) is 0.451. The Morgan fingerprint density at radius 1 is 1.57 bits per heavy atom. The second-order valence-electron chi connectivity index (χ2n) is 3.76. The number of nitrogens with one attached hydrogen (secondary N) is 2. The Morgan fingerprint density at radius 2 is 2.14 bits per heavy atom. The largest absolute Gasteiger partial charge is 0.459 e. The molecule has 0 aliphatic heterocycles. The van der Waals surface area contributed by atoms with Crippen LogP contribution in [-0.4, -0.2) is 24.3 Å². The molecule has 0 atom stereocenters. The number of carbonyl (C=O) groups excluding carboxylic acids is 1. The van der Waals surface area contributed by atoms with Gasteiger partial charge in [0.2, 0.25) is 0 Å². The van der Waals surface area contributed by atoms with E-state index in [1.54, 1.807) is 20.8 Å². The van der Waals surface area contributed by atoms with Gasteiger partial charge in [-0.15, -0.1) is 0 Å². The summed E-state index contributed by atoms with van der Waals surface area (Å²) >= 11 is 0. The molecule has 14 heavy (non-hydrogen) atoms. The predicted octanol–water partition coefficient (Wildman–Crippen LogP) is 0.367. The third-order valence-corrected chi connectivity index (χ3v) is 1.10. The van der Waals surface area contributed by atoms with Crippen LogP contribution in [0.5, 0.6) is 0 Å². The fourth-order valence-corrected chi connectivity index (χ4v) is 0.671. The Bertz CT molecular complexity index is 241. The lowest BCUT2D eigenvalue weighted by Gasteiger charge is -2.19. The van der Waals surface area contributed by atoms with Gasteiger partial charge in [0.1, 0.15) is 12.1 Å². The summed E-state index contributed by atoms with van der Waals surface area (Å²) in [6.45, 7) is 5.44. The molecule has 0 saturated heterocycles. The summed E-state index contributed by atoms with van der Waals surface area (Å²) in [5.74, 6) is -0.355. The highest BCUT2D eigenvalue weighted by Gasteiger charge is 2.15. The van der Waals surface area contributed by atoms with Gasteiger partial charge in [-0.3, -0.25) is 4.79 Å². The van der Waals surface area contributed by atoms with E-state index in [9.17, 15) is 4.79 Å². The minimum absolute atomic E-state index is 0.0474. The van der Waals surface area contributed by atoms with E-state index in [0.29, 0.717) is 0 Å². The number of nitrogens with two attached hydrogens (primary N) is 1. The van der Waals surface area contributed by atoms with Gasteiger partial charge in [-0.05, 0) is 20.8 Å². The topological polar surface area (TPSA) is 88.2 Å². The Hall–Kier alpha value is -1.52. The Kier molecular flexibility index (Phi) is 4.69. The Morgan fingerprint density at radius 3 is 2.57 bits per heavy atom. The van der Waals surface area contributed by atoms with Gasteiger partial charge in [0.25, 0.3) is 0 Å². The van der Waals surface area contributed by atoms with Crippen LogP contribution in [0.15, 0.2) is 11.9 Å². The molecule has 0 saturated carbocycles. The number of esters is 1. The van der Waals surface area contributed by atoms with Crippen molar-refractivity contribution in [3.63, 3.8) is 0 Å². The average molecular weight is 199 g/mol. The lowest BCUT2D eigenvalue weighted by Crippen LogP contribution is -2.30. The number of carbonyl (C=O) groups is 1. The highest BCUT2D eigenvalue weighted by atomic mass is 16.6. The second kappa shape index (κ2) is 5.26. The molecular weight excluding hydrogens is 182 g/mol. The van der Waals surface area contributed by atoms with Gasteiger partial charge in [-0.2, -0.15) is 0 Å². The SMILES string of the molecule is CC(C)(C)OC(=O)CN/C=C(/N)C=N. The minimum Gasteiger partial charge on any atom is -0.459 e. The third kappa shape index (κ3) is 7.15. The summed E-state index contributed by atoms with van der Waals surface area (Å²) < 4.78 is 5.02. The third-order valence-electron chi connectivity index (χ3n) is 1.10. The molecule has 0 heterocycles. The average Bonchev–Trinajstić information content (AvgIpc) is 2.00. The lowest BCUT2D eigenvalue weighted by molar-refractivity contribution is -0.153. The molecule has 5 heteroatoms. The van der Waals surface area contributed by atoms with Crippen molar-refractivity contribution in [2.75, 3.05) is 6.54 Å². The van der Waals surface area contributed by atoms with Crippen molar-refractivity contribution < 1.29 is 9.53 Å². The normalized spacial score (nSPS) is 12.1. The summed E-state index contributed by atoms with van der Waals surface area (Å²) in [5.41, 5.74) is 5.07. The molecule has 0 aromatic rings. The van der Waals surface area contributed by atoms with E-state index in [4.69, 9.17) is 15.9 Å². The number of hydrogen-bond donors (Lipinski definition) is 3. The molecule has 0 aliphatic rings. The maximum Gasteiger partial charge on any atom is 0.325 e. The molecule has 0 bridgehead atoms. The van der Waals surface area contributed by atoms with Crippen molar-refractivity contribution in [1.82, 2.24) is 5.32 Å². The predicted molar refractivity (Wildman–Crippen MR) is 54.9 cm³/mol. The molecule has 80 valence electrons. The van der Waals surface area contributed by atoms with Crippen molar-refractivity contribution in [2.24, 2.45) is 5.73 Å². The Balaban J connectivity index is 3.81. The summed E-state index contributed by atoms with van der Waals surface area (Å²) in [4.78, 5) is 11.1. The van der Waals surface area contributed by atoms with Crippen molar-refractivity contribution in [1.29, 1.82) is 5.41 Å². The summed E-state index contributed by atoms with van der Waals surface area (Å²) in [6.07, 6.45) is 2.37. The van der Waals surface area contributed by atoms with Crippen molar-refractivity contribution in [2.45, 2.75) is 26.4 Å². The van der Waals surface area contributed by atoms with Crippen LogP contribution < -0.4 is 11.1 Å². The monoisotopic (exact) mass is 199 g/mol. The first-order valence-electron chi connectivity index (χ1n) is 4.26. The lowest BCUT2D eigenvalue weighted by atomic mass is 10.2. The molecule has 0 fully saturated rings. The van der Waals surface area contributed by atoms with E-state index in [1.165, 1.54) is 6.20 Å². The van der Waals surface area contributed by atoms with Gasteiger partial charge in [-0.1, -0.05) is 0 Å². The van der Waals surface area contributed by atoms with Crippen LogP contribution in [-0.2, 0) is 9.53 Å². The van der Waals surface area contributed by atoms with Crippen LogP contribution in [0.3, 0.4) is 0 Å². The van der Waals surface area contributed by atoms with Crippen LogP contribution >= 0.6 is 0 Å². The number of ether oxygens (including phenoxy) is 1. The zero-order valence-electron chi connectivity index (χ0n) is 8.76. The summed E-state index contributed by atoms with van der Waals surface area (Å²) in [7, 11) is 0. The van der Waals surface area contributed by atoms with E-state index >= 15 is 0 Å². The summed E-state index contributed by atoms with van der Waals surface area (Å²) in [5, 5.41) is 9.41. The molecule has 0 aromatic carbocycles. The molecule has 0 aliphatic carbocycles. The molecule has 5 nitrogen and oxygen atoms in total. The van der Waals surface area contributed by atoms with Crippen molar-refractivity contribution in [3.05, 3.63) is 11.9 Å². The second-order valence-corrected chi connectivity index (χ2v) is 3.76. The summed E-state index contributed by atoms with van der Waals surface area (Å²) in [6, 6.07) is 0. The molecule has 0 rings (SSSR count). The molecule has 0 aromatic heterocycles. The molecular formula is C9H17N3O2. The fraction of sp³-hybridized carbons (Fsp3) is 0.556. The standard InChI is InChI=1S/C9H17N3O2/c1-9(2,3)14-8(13)6-12-5-7(11)4-10/h4-5,10,12H,6,11H2,1-3H3/b7-5+,10-4?. The zero-order chi connectivity index (χ0) is 11.2. The van der Waals surface area contributed by atoms with Crippen LogP contribution in [0.2, 0.25) is 0 Å². The van der Waals surface area contributed by atoms with Crippen LogP contribution in [0.25, 0.3) is 0 Å². The maximum absolute atomic E-state index is 11.1. The first-order chi connectivity index (χ1) is 6.35. The van der Waals surface area contributed by atoms with E-state index in [2.05, 4.69) is 5.32 Å². The van der Waals surface area contributed by atoms with Gasteiger partial charge < -0.3 is 21.2 Å². The number of hydrogen-bond acceptors (Lipinski definition) is 5. The molecule has 0 amide bonds. The molecule has 0 unspecified atom stereocenters. The van der Waals surface area contributed by atoms with Crippen molar-refractivity contribution in [3.8, 4) is 0 Å². The number of allylic oxidation sites excluding steroid dienone is 1. The van der Waals surface area contributed by atoms with Crippen LogP contribution in [0.4, 0.5) is 0 Å². The molecule has 0 radical (unpaired) electrons. The maximum atomic E-state index is 11.1. The molecule has 4 N–H and O–H groups in total. The highest BCUT2D eigenvalue weighted by molar-refractivity contribution is 5.75. The van der Waals surface area contributed by atoms with Gasteiger partial charge >= 0.3 is 5.97 Å². The highest BCUT2D eigenvalue weighted by Crippen LogP contribution is 2.05.